The van der Waals surface area contributed by atoms with Gasteiger partial charge < -0.3 is 24.3 Å². The molecule has 0 saturated carbocycles. The maximum absolute atomic E-state index is 13.1. The van der Waals surface area contributed by atoms with E-state index < -0.39 is 15.1 Å². The Bertz CT molecular complexity index is 897. The fourth-order valence-corrected chi connectivity index (χ4v) is 5.49. The number of carbonyl (C=O) groups is 4. The van der Waals surface area contributed by atoms with Gasteiger partial charge in [-0.25, -0.2) is 4.79 Å². The average molecular weight is 536 g/mol. The number of Topliss-reactive ketones (excluding diaryl/α,β-unsaturated/α-hetero) is 1. The van der Waals surface area contributed by atoms with Gasteiger partial charge >= 0.3 is 6.09 Å². The zero-order valence-electron chi connectivity index (χ0n) is 23.5. The Kier molecular flexibility index (Phi) is 11.1. The van der Waals surface area contributed by atoms with Gasteiger partial charge in [0.05, 0.1) is 12.0 Å². The number of ketones is 1. The summed E-state index contributed by atoms with van der Waals surface area (Å²) in [5, 5.41) is 2.93. The molecule has 2 aliphatic heterocycles. The van der Waals surface area contributed by atoms with Crippen LogP contribution in [0.15, 0.2) is 24.3 Å². The number of hydrogen-bond acceptors (Lipinski definition) is 6. The summed E-state index contributed by atoms with van der Waals surface area (Å²) in [6.07, 6.45) is 4.54. The highest BCUT2D eigenvalue weighted by atomic mass is 28.3. The van der Waals surface area contributed by atoms with Crippen molar-refractivity contribution in [1.29, 1.82) is 0 Å². The molecular weight excluding hydrogens is 490 g/mol. The molecule has 2 aliphatic rings. The Morgan fingerprint density at radius 2 is 1.97 bits per heavy atom. The summed E-state index contributed by atoms with van der Waals surface area (Å²) in [4.78, 5) is 53.5. The van der Waals surface area contributed by atoms with Crippen LogP contribution in [0.25, 0.3) is 0 Å². The molecule has 208 valence electrons. The molecular formula is C27H45N3O6Si. The average Bonchev–Trinajstić information content (AvgIpc) is 3.26. The van der Waals surface area contributed by atoms with Gasteiger partial charge in [0.2, 0.25) is 11.8 Å². The maximum Gasteiger partial charge on any atom is 0.410 e. The van der Waals surface area contributed by atoms with Crippen LogP contribution in [0.1, 0.15) is 47.0 Å². The first-order valence-corrected chi connectivity index (χ1v) is 16.0. The lowest BCUT2D eigenvalue weighted by Gasteiger charge is -2.46. The predicted molar refractivity (Wildman–Crippen MR) is 145 cm³/mol. The van der Waals surface area contributed by atoms with E-state index in [4.69, 9.17) is 9.16 Å². The molecule has 0 aromatic rings. The van der Waals surface area contributed by atoms with Crippen LogP contribution < -0.4 is 5.32 Å². The van der Waals surface area contributed by atoms with Crippen molar-refractivity contribution in [3.63, 3.8) is 0 Å². The largest absolute Gasteiger partial charge is 0.445 e. The number of likely N-dealkylation sites (tertiary alicyclic amines) is 1. The van der Waals surface area contributed by atoms with Gasteiger partial charge in [-0.1, -0.05) is 39.5 Å². The van der Waals surface area contributed by atoms with Gasteiger partial charge in [0, 0.05) is 32.7 Å². The molecule has 0 radical (unpaired) electrons. The number of carbonyl (C=O) groups excluding carboxylic acids is 4. The fourth-order valence-electron chi connectivity index (χ4n) is 4.90. The molecule has 3 amide bonds. The van der Waals surface area contributed by atoms with Crippen LogP contribution in [0.4, 0.5) is 4.79 Å². The van der Waals surface area contributed by atoms with Gasteiger partial charge in [0.25, 0.3) is 0 Å². The first-order chi connectivity index (χ1) is 17.3. The lowest BCUT2D eigenvalue weighted by atomic mass is 9.66. The molecule has 4 atom stereocenters. The second-order valence-corrected chi connectivity index (χ2v) is 13.9. The van der Waals surface area contributed by atoms with E-state index in [1.807, 2.05) is 6.08 Å². The number of amides is 3. The second-order valence-electron chi connectivity index (χ2n) is 11.5. The molecule has 10 heteroatoms. The van der Waals surface area contributed by atoms with Crippen molar-refractivity contribution in [3.05, 3.63) is 24.3 Å². The van der Waals surface area contributed by atoms with E-state index in [1.165, 1.54) is 18.0 Å². The molecule has 2 rings (SSSR count). The van der Waals surface area contributed by atoms with Crippen molar-refractivity contribution in [3.8, 4) is 0 Å². The molecule has 0 spiro atoms. The minimum Gasteiger partial charge on any atom is -0.445 e. The maximum atomic E-state index is 13.1. The van der Waals surface area contributed by atoms with Crippen LogP contribution in [0.5, 0.6) is 0 Å². The standard InChI is InChI=1S/C27H45N3O6Si/c1-9-13-35-26(34)29(6)16-23(32)30-12-10-11-19(30)14-18(2)22(31)15-21-24(25(33)28-21)20(27(3,4)5)17-36-37(7)8/h9,14,19-21,24,37H,1,10-13,15-17H2,2-8H3,(H,28,33)/t19-,20+,21+,24-/m0/s1. The SMILES string of the molecule is C=CCOC(=O)N(C)CC(=O)N1CCC[C@H]1C=C(C)C(=O)C[C@H]1NC(=O)[C@H]1[C@@H](CO[SiH](C)C)C(C)(C)C. The smallest absolute Gasteiger partial charge is 0.410 e. The molecule has 0 unspecified atom stereocenters. The van der Waals surface area contributed by atoms with E-state index in [9.17, 15) is 19.2 Å². The zero-order valence-corrected chi connectivity index (χ0v) is 24.7. The number of rotatable bonds is 12. The zero-order chi connectivity index (χ0) is 27.9. The normalized spacial score (nSPS) is 22.8. The van der Waals surface area contributed by atoms with Crippen molar-refractivity contribution in [2.75, 3.05) is 33.4 Å². The lowest BCUT2D eigenvalue weighted by Crippen LogP contribution is -2.63. The molecule has 2 heterocycles. The number of β-lactam (4-membered cyclic amide) rings is 1. The van der Waals surface area contributed by atoms with Crippen LogP contribution in [0, 0.1) is 17.3 Å². The van der Waals surface area contributed by atoms with E-state index in [0.29, 0.717) is 18.7 Å². The van der Waals surface area contributed by atoms with Gasteiger partial charge in [0.15, 0.2) is 14.8 Å². The number of nitrogens with zero attached hydrogens (tertiary/aromatic N) is 2. The van der Waals surface area contributed by atoms with Crippen molar-refractivity contribution < 1.29 is 28.3 Å². The predicted octanol–water partition coefficient (Wildman–Crippen LogP) is 2.91. The van der Waals surface area contributed by atoms with E-state index in [1.54, 1.807) is 11.8 Å². The van der Waals surface area contributed by atoms with Gasteiger partial charge in [-0.15, -0.1) is 0 Å². The van der Waals surface area contributed by atoms with Crippen molar-refractivity contribution in [2.45, 2.75) is 72.1 Å². The molecule has 2 fully saturated rings. The number of hydrogen-bond donors (Lipinski definition) is 1. The third kappa shape index (κ3) is 8.53. The van der Waals surface area contributed by atoms with Crippen LogP contribution in [0.3, 0.4) is 0 Å². The summed E-state index contributed by atoms with van der Waals surface area (Å²) in [6, 6.07) is -0.422. The first kappa shape index (κ1) is 30.8. The second kappa shape index (κ2) is 13.4. The topological polar surface area (TPSA) is 105 Å². The number of nitrogens with one attached hydrogen (secondary N) is 1. The van der Waals surface area contributed by atoms with Crippen LogP contribution in [-0.4, -0.2) is 88.0 Å². The molecule has 37 heavy (non-hydrogen) atoms. The van der Waals surface area contributed by atoms with Crippen LogP contribution in [0.2, 0.25) is 13.1 Å². The summed E-state index contributed by atoms with van der Waals surface area (Å²) < 4.78 is 11.0. The lowest BCUT2D eigenvalue weighted by molar-refractivity contribution is -0.143. The Morgan fingerprint density at radius 1 is 1.30 bits per heavy atom. The number of ether oxygens (including phenoxy) is 1. The van der Waals surface area contributed by atoms with Gasteiger partial charge in [-0.3, -0.25) is 14.4 Å². The summed E-state index contributed by atoms with van der Waals surface area (Å²) in [5.74, 6) is -0.477. The van der Waals surface area contributed by atoms with Crippen molar-refractivity contribution in [1.82, 2.24) is 15.1 Å². The number of likely N-dealkylation sites (N-methyl/N-ethyl adjacent to an activating group) is 1. The minimum absolute atomic E-state index is 0.0170. The van der Waals surface area contributed by atoms with Gasteiger partial charge in [-0.2, -0.15) is 0 Å². The van der Waals surface area contributed by atoms with E-state index in [0.717, 1.165) is 12.8 Å². The molecule has 0 aliphatic carbocycles. The van der Waals surface area contributed by atoms with Gasteiger partial charge in [0.1, 0.15) is 13.2 Å². The summed E-state index contributed by atoms with van der Waals surface area (Å²) >= 11 is 0. The first-order valence-electron chi connectivity index (χ1n) is 13.2. The number of allylic oxidation sites excluding steroid dienone is 1. The highest BCUT2D eigenvalue weighted by molar-refractivity contribution is 6.48. The van der Waals surface area contributed by atoms with Crippen molar-refractivity contribution >= 4 is 32.7 Å². The highest BCUT2D eigenvalue weighted by Crippen LogP contribution is 2.39. The van der Waals surface area contributed by atoms with E-state index in [-0.39, 0.29) is 66.5 Å². The van der Waals surface area contributed by atoms with Crippen LogP contribution in [-0.2, 0) is 23.5 Å². The Labute approximate surface area is 223 Å². The Hall–Kier alpha value is -2.46. The van der Waals surface area contributed by atoms with Crippen LogP contribution >= 0.6 is 0 Å². The third-order valence-corrected chi connectivity index (χ3v) is 7.99. The Balaban J connectivity index is 2.02. The summed E-state index contributed by atoms with van der Waals surface area (Å²) in [5.41, 5.74) is 0.454. The highest BCUT2D eigenvalue weighted by Gasteiger charge is 2.49. The van der Waals surface area contributed by atoms with Crippen molar-refractivity contribution in [2.24, 2.45) is 17.3 Å². The molecule has 0 aromatic heterocycles. The molecule has 2 saturated heterocycles. The summed E-state index contributed by atoms with van der Waals surface area (Å²) in [6.45, 7) is 16.9. The minimum atomic E-state index is -1.24. The third-order valence-electron chi connectivity index (χ3n) is 7.13. The molecule has 9 nitrogen and oxygen atoms in total. The van der Waals surface area contributed by atoms with E-state index >= 15 is 0 Å². The molecule has 1 N–H and O–H groups in total. The Morgan fingerprint density at radius 3 is 2.54 bits per heavy atom. The fraction of sp³-hybridized carbons (Fsp3) is 0.704. The quantitative estimate of drug-likeness (QED) is 0.178. The monoisotopic (exact) mass is 535 g/mol. The van der Waals surface area contributed by atoms with Gasteiger partial charge in [-0.05, 0) is 49.8 Å². The molecule has 0 bridgehead atoms. The molecule has 0 aromatic carbocycles. The summed E-state index contributed by atoms with van der Waals surface area (Å²) in [7, 11) is 0.277. The van der Waals surface area contributed by atoms with E-state index in [2.05, 4.69) is 45.8 Å².